The number of amides is 1. The fourth-order valence-electron chi connectivity index (χ4n) is 1.59. The van der Waals surface area contributed by atoms with Gasteiger partial charge in [-0.2, -0.15) is 0 Å². The van der Waals surface area contributed by atoms with Crippen LogP contribution in [0.4, 0.5) is 0 Å². The number of aromatic nitrogens is 3. The Morgan fingerprint density at radius 3 is 2.81 bits per heavy atom. The second-order valence-corrected chi connectivity index (χ2v) is 6.49. The lowest BCUT2D eigenvalue weighted by Crippen LogP contribution is -2.26. The number of hydrogen-bond donors (Lipinski definition) is 1. The lowest BCUT2D eigenvalue weighted by molar-refractivity contribution is -0.118. The Balaban J connectivity index is 1.54. The van der Waals surface area contributed by atoms with Crippen LogP contribution in [0.2, 0.25) is 0 Å². The smallest absolute Gasteiger partial charge is 0.230 e. The molecule has 0 unspecified atom stereocenters. The first kappa shape index (κ1) is 15.9. The molecule has 1 N–H and O–H groups in total. The number of nitrogens with zero attached hydrogens (tertiary/aromatic N) is 3. The fraction of sp³-hybridized carbons (Fsp3) is 0.357. The lowest BCUT2D eigenvalue weighted by Gasteiger charge is -2.05. The SMILES string of the molecule is Cn1cnnc1SCC(=O)NCCCSc1ccccc1. The van der Waals surface area contributed by atoms with Crippen molar-refractivity contribution in [1.29, 1.82) is 0 Å². The molecule has 7 heteroatoms. The number of hydrogen-bond acceptors (Lipinski definition) is 5. The van der Waals surface area contributed by atoms with Crippen molar-refractivity contribution in [2.45, 2.75) is 16.5 Å². The van der Waals surface area contributed by atoms with Gasteiger partial charge in [-0.3, -0.25) is 4.79 Å². The third kappa shape index (κ3) is 5.81. The molecule has 1 aromatic carbocycles. The van der Waals surface area contributed by atoms with E-state index < -0.39 is 0 Å². The summed E-state index contributed by atoms with van der Waals surface area (Å²) in [4.78, 5) is 13.0. The number of carbonyl (C=O) groups excluding carboxylic acids is 1. The van der Waals surface area contributed by atoms with E-state index in [1.54, 1.807) is 10.9 Å². The first-order valence-electron chi connectivity index (χ1n) is 6.67. The summed E-state index contributed by atoms with van der Waals surface area (Å²) < 4.78 is 1.80. The predicted molar refractivity (Wildman–Crippen MR) is 86.5 cm³/mol. The molecule has 2 aromatic rings. The normalized spacial score (nSPS) is 10.5. The largest absolute Gasteiger partial charge is 0.355 e. The first-order valence-corrected chi connectivity index (χ1v) is 8.64. The lowest BCUT2D eigenvalue weighted by atomic mass is 10.4. The molecule has 0 spiro atoms. The van der Waals surface area contributed by atoms with Gasteiger partial charge in [0.15, 0.2) is 5.16 Å². The number of benzene rings is 1. The second kappa shape index (κ2) is 8.74. The number of rotatable bonds is 8. The molecule has 0 atom stereocenters. The highest BCUT2D eigenvalue weighted by Gasteiger charge is 2.06. The van der Waals surface area contributed by atoms with Crippen LogP contribution >= 0.6 is 23.5 Å². The summed E-state index contributed by atoms with van der Waals surface area (Å²) in [6.07, 6.45) is 2.58. The Bertz CT molecular complexity index is 559. The van der Waals surface area contributed by atoms with Crippen molar-refractivity contribution in [3.8, 4) is 0 Å². The number of nitrogens with one attached hydrogen (secondary N) is 1. The highest BCUT2D eigenvalue weighted by Crippen LogP contribution is 2.17. The minimum Gasteiger partial charge on any atom is -0.355 e. The van der Waals surface area contributed by atoms with Crippen molar-refractivity contribution >= 4 is 29.4 Å². The molecule has 112 valence electrons. The average molecular weight is 322 g/mol. The summed E-state index contributed by atoms with van der Waals surface area (Å²) in [6, 6.07) is 10.3. The van der Waals surface area contributed by atoms with E-state index in [0.29, 0.717) is 12.3 Å². The van der Waals surface area contributed by atoms with Crippen molar-refractivity contribution in [2.24, 2.45) is 7.05 Å². The number of thioether (sulfide) groups is 2. The molecule has 0 aliphatic heterocycles. The highest BCUT2D eigenvalue weighted by atomic mass is 32.2. The molecular formula is C14H18N4OS2. The van der Waals surface area contributed by atoms with E-state index in [1.165, 1.54) is 16.7 Å². The Kier molecular flexibility index (Phi) is 6.62. The van der Waals surface area contributed by atoms with E-state index in [2.05, 4.69) is 27.6 Å². The van der Waals surface area contributed by atoms with E-state index in [-0.39, 0.29) is 5.91 Å². The van der Waals surface area contributed by atoms with Gasteiger partial charge in [0, 0.05) is 18.5 Å². The molecule has 1 aromatic heterocycles. The van der Waals surface area contributed by atoms with E-state index >= 15 is 0 Å². The molecule has 0 saturated carbocycles. The maximum atomic E-state index is 11.7. The molecule has 0 fully saturated rings. The van der Waals surface area contributed by atoms with Crippen LogP contribution < -0.4 is 5.32 Å². The van der Waals surface area contributed by atoms with Crippen molar-refractivity contribution in [2.75, 3.05) is 18.1 Å². The molecule has 21 heavy (non-hydrogen) atoms. The van der Waals surface area contributed by atoms with Crippen molar-refractivity contribution < 1.29 is 4.79 Å². The summed E-state index contributed by atoms with van der Waals surface area (Å²) >= 11 is 3.20. The number of aryl methyl sites for hydroxylation is 1. The standard InChI is InChI=1S/C14H18N4OS2/c1-18-11-16-17-14(18)21-10-13(19)15-8-5-9-20-12-6-3-2-4-7-12/h2-4,6-7,11H,5,8-10H2,1H3,(H,15,19). The number of carbonyl (C=O) groups is 1. The van der Waals surface area contributed by atoms with Gasteiger partial charge >= 0.3 is 0 Å². The Morgan fingerprint density at radius 2 is 2.10 bits per heavy atom. The van der Waals surface area contributed by atoms with Gasteiger partial charge in [0.2, 0.25) is 5.91 Å². The predicted octanol–water partition coefficient (Wildman–Crippen LogP) is 2.21. The highest BCUT2D eigenvalue weighted by molar-refractivity contribution is 7.99. The van der Waals surface area contributed by atoms with Crippen LogP contribution in [-0.2, 0) is 11.8 Å². The summed E-state index contributed by atoms with van der Waals surface area (Å²) in [7, 11) is 1.86. The zero-order chi connectivity index (χ0) is 14.9. The van der Waals surface area contributed by atoms with Gasteiger partial charge < -0.3 is 9.88 Å². The topological polar surface area (TPSA) is 59.8 Å². The van der Waals surface area contributed by atoms with Crippen LogP contribution in [0.1, 0.15) is 6.42 Å². The molecule has 1 heterocycles. The Labute approximate surface area is 132 Å². The van der Waals surface area contributed by atoms with Crippen molar-refractivity contribution in [1.82, 2.24) is 20.1 Å². The summed E-state index contributed by atoms with van der Waals surface area (Å²) in [6.45, 7) is 0.706. The minimum absolute atomic E-state index is 0.0349. The third-order valence-electron chi connectivity index (χ3n) is 2.66. The molecule has 2 rings (SSSR count). The van der Waals surface area contributed by atoms with Crippen LogP contribution in [0, 0.1) is 0 Å². The van der Waals surface area contributed by atoms with Gasteiger partial charge in [-0.1, -0.05) is 30.0 Å². The van der Waals surface area contributed by atoms with Crippen LogP contribution in [0.5, 0.6) is 0 Å². The van der Waals surface area contributed by atoms with Crippen LogP contribution in [0.3, 0.4) is 0 Å². The van der Waals surface area contributed by atoms with Gasteiger partial charge in [-0.15, -0.1) is 22.0 Å². The fourth-order valence-corrected chi connectivity index (χ4v) is 3.18. The summed E-state index contributed by atoms with van der Waals surface area (Å²) in [5.41, 5.74) is 0. The average Bonchev–Trinajstić information content (AvgIpc) is 2.91. The maximum Gasteiger partial charge on any atom is 0.230 e. The van der Waals surface area contributed by atoms with Crippen LogP contribution in [-0.4, -0.2) is 38.7 Å². The van der Waals surface area contributed by atoms with Gasteiger partial charge in [-0.05, 0) is 24.3 Å². The molecular weight excluding hydrogens is 304 g/mol. The van der Waals surface area contributed by atoms with E-state index in [4.69, 9.17) is 0 Å². The molecule has 0 aliphatic carbocycles. The Morgan fingerprint density at radius 1 is 1.29 bits per heavy atom. The molecule has 1 amide bonds. The third-order valence-corrected chi connectivity index (χ3v) is 4.79. The van der Waals surface area contributed by atoms with Gasteiger partial charge in [0.05, 0.1) is 5.75 Å². The minimum atomic E-state index is 0.0349. The van der Waals surface area contributed by atoms with Gasteiger partial charge in [-0.25, -0.2) is 0 Å². The summed E-state index contributed by atoms with van der Waals surface area (Å²) in [5.74, 6) is 1.41. The van der Waals surface area contributed by atoms with Crippen molar-refractivity contribution in [3.63, 3.8) is 0 Å². The quantitative estimate of drug-likeness (QED) is 0.596. The van der Waals surface area contributed by atoms with E-state index in [0.717, 1.165) is 17.3 Å². The van der Waals surface area contributed by atoms with Crippen LogP contribution in [0.15, 0.2) is 46.7 Å². The molecule has 0 saturated heterocycles. The zero-order valence-corrected chi connectivity index (χ0v) is 13.5. The summed E-state index contributed by atoms with van der Waals surface area (Å²) in [5, 5.41) is 11.4. The zero-order valence-electron chi connectivity index (χ0n) is 11.9. The van der Waals surface area contributed by atoms with E-state index in [9.17, 15) is 4.79 Å². The molecule has 0 aliphatic rings. The van der Waals surface area contributed by atoms with Crippen LogP contribution in [0.25, 0.3) is 0 Å². The molecule has 0 radical (unpaired) electrons. The van der Waals surface area contributed by atoms with Gasteiger partial charge in [0.25, 0.3) is 0 Å². The Hall–Kier alpha value is -1.47. The molecule has 0 bridgehead atoms. The van der Waals surface area contributed by atoms with Gasteiger partial charge in [0.1, 0.15) is 6.33 Å². The van der Waals surface area contributed by atoms with Crippen molar-refractivity contribution in [3.05, 3.63) is 36.7 Å². The van der Waals surface area contributed by atoms with E-state index in [1.807, 2.05) is 37.0 Å². The monoisotopic (exact) mass is 322 g/mol. The first-order chi connectivity index (χ1) is 10.3. The molecule has 5 nitrogen and oxygen atoms in total. The maximum absolute atomic E-state index is 11.7. The second-order valence-electron chi connectivity index (χ2n) is 4.38.